The molecule has 0 unspecified atom stereocenters. The van der Waals surface area contributed by atoms with Crippen LogP contribution in [0.15, 0.2) is 86.7 Å². The number of nitrogens with zero attached hydrogens (tertiary/aromatic N) is 2. The first-order valence-electron chi connectivity index (χ1n) is 9.20. The molecule has 3 N–H and O–H groups in total. The average Bonchev–Trinajstić information content (AvgIpc) is 3.17. The van der Waals surface area contributed by atoms with E-state index in [1.54, 1.807) is 24.3 Å². The zero-order valence-corrected chi connectivity index (χ0v) is 17.2. The van der Waals surface area contributed by atoms with Gasteiger partial charge in [-0.3, -0.25) is 4.79 Å². The Hall–Kier alpha value is -3.71. The smallest absolute Gasteiger partial charge is 0.248 e. The maximum atomic E-state index is 11.5. The molecular formula is C23H15BrN4O2. The van der Waals surface area contributed by atoms with Gasteiger partial charge in [-0.25, -0.2) is 9.98 Å². The van der Waals surface area contributed by atoms with Crippen molar-refractivity contribution in [3.05, 3.63) is 88.4 Å². The highest BCUT2D eigenvalue weighted by Crippen LogP contribution is 2.25. The van der Waals surface area contributed by atoms with E-state index in [-0.39, 0.29) is 0 Å². The number of para-hydroxylation sites is 2. The van der Waals surface area contributed by atoms with Crippen molar-refractivity contribution in [2.75, 3.05) is 0 Å². The van der Waals surface area contributed by atoms with Crippen LogP contribution in [0.1, 0.15) is 10.4 Å². The molecule has 30 heavy (non-hydrogen) atoms. The Kier molecular flexibility index (Phi) is 4.44. The van der Waals surface area contributed by atoms with Gasteiger partial charge in [-0.05, 0) is 54.6 Å². The number of hydrogen-bond donors (Lipinski definition) is 2. The van der Waals surface area contributed by atoms with E-state index in [4.69, 9.17) is 15.1 Å². The first-order valence-corrected chi connectivity index (χ1v) is 9.99. The number of hydrogen-bond acceptors (Lipinski definition) is 4. The highest BCUT2D eigenvalue weighted by Gasteiger charge is 2.12. The van der Waals surface area contributed by atoms with Crippen molar-refractivity contribution < 1.29 is 9.21 Å². The molecule has 0 atom stereocenters. The van der Waals surface area contributed by atoms with Gasteiger partial charge in [0.2, 0.25) is 11.5 Å². The second-order valence-electron chi connectivity index (χ2n) is 6.78. The minimum absolute atomic E-state index is 0.380. The third-order valence-electron chi connectivity index (χ3n) is 4.71. The lowest BCUT2D eigenvalue weighted by Gasteiger charge is -2.04. The SMILES string of the molecule is NC(=O)c1cccc(N=c2oc3ccc(Br)cc3cc2-c2nc3ccccc3[nH]2)c1. The molecule has 0 aliphatic carbocycles. The Morgan fingerprint density at radius 3 is 2.73 bits per heavy atom. The van der Waals surface area contributed by atoms with Gasteiger partial charge in [0.25, 0.3) is 0 Å². The summed E-state index contributed by atoms with van der Waals surface area (Å²) in [6.07, 6.45) is 0. The zero-order chi connectivity index (χ0) is 20.7. The largest absolute Gasteiger partial charge is 0.438 e. The van der Waals surface area contributed by atoms with E-state index in [2.05, 4.69) is 25.9 Å². The summed E-state index contributed by atoms with van der Waals surface area (Å²) in [5.41, 5.74) is 9.89. The zero-order valence-electron chi connectivity index (χ0n) is 15.6. The lowest BCUT2D eigenvalue weighted by molar-refractivity contribution is 0.100. The van der Waals surface area contributed by atoms with E-state index in [0.29, 0.717) is 33.8 Å². The number of aromatic amines is 1. The number of imidazole rings is 1. The second-order valence-corrected chi connectivity index (χ2v) is 7.69. The number of rotatable bonds is 3. The fraction of sp³-hybridized carbons (Fsp3) is 0. The summed E-state index contributed by atoms with van der Waals surface area (Å²) in [7, 11) is 0. The van der Waals surface area contributed by atoms with Crippen LogP contribution >= 0.6 is 15.9 Å². The molecule has 6 nitrogen and oxygen atoms in total. The fourth-order valence-corrected chi connectivity index (χ4v) is 3.66. The molecule has 0 saturated heterocycles. The quantitative estimate of drug-likeness (QED) is 0.394. The summed E-state index contributed by atoms with van der Waals surface area (Å²) >= 11 is 3.50. The Labute approximate surface area is 179 Å². The summed E-state index contributed by atoms with van der Waals surface area (Å²) in [6.45, 7) is 0. The highest BCUT2D eigenvalue weighted by molar-refractivity contribution is 9.10. The molecule has 146 valence electrons. The normalized spacial score (nSPS) is 12.0. The Balaban J connectivity index is 1.79. The standard InChI is InChI=1S/C23H15BrN4O2/c24-15-8-9-20-14(10-15)12-17(22-27-18-6-1-2-7-19(18)28-22)23(30-20)26-16-5-3-4-13(11-16)21(25)29/h1-12H,(H2,25,29)(H,27,28). The van der Waals surface area contributed by atoms with Crippen LogP contribution < -0.4 is 11.3 Å². The number of amides is 1. The van der Waals surface area contributed by atoms with Gasteiger partial charge in [0.15, 0.2) is 0 Å². The number of benzene rings is 3. The first-order chi connectivity index (χ1) is 14.6. The predicted molar refractivity (Wildman–Crippen MR) is 119 cm³/mol. The average molecular weight is 459 g/mol. The summed E-state index contributed by atoms with van der Waals surface area (Å²) in [5, 5.41) is 0.907. The molecular weight excluding hydrogens is 444 g/mol. The molecule has 5 rings (SSSR count). The number of H-pyrrole nitrogens is 1. The molecule has 0 aliphatic heterocycles. The van der Waals surface area contributed by atoms with Crippen molar-refractivity contribution in [1.82, 2.24) is 9.97 Å². The number of primary amides is 1. The van der Waals surface area contributed by atoms with Crippen LogP contribution in [-0.2, 0) is 0 Å². The Bertz CT molecular complexity index is 1470. The number of carbonyl (C=O) groups is 1. The van der Waals surface area contributed by atoms with Crippen LogP contribution in [0.5, 0.6) is 0 Å². The molecule has 1 amide bonds. The van der Waals surface area contributed by atoms with Crippen LogP contribution in [0.3, 0.4) is 0 Å². The van der Waals surface area contributed by atoms with E-state index in [9.17, 15) is 4.79 Å². The van der Waals surface area contributed by atoms with Gasteiger partial charge in [0, 0.05) is 15.4 Å². The maximum absolute atomic E-state index is 11.5. The van der Waals surface area contributed by atoms with E-state index in [1.165, 1.54) is 0 Å². The monoisotopic (exact) mass is 458 g/mol. The van der Waals surface area contributed by atoms with Crippen LogP contribution in [0.4, 0.5) is 5.69 Å². The molecule has 0 fully saturated rings. The van der Waals surface area contributed by atoms with Crippen molar-refractivity contribution in [3.8, 4) is 11.4 Å². The van der Waals surface area contributed by atoms with Crippen molar-refractivity contribution >= 4 is 49.5 Å². The Morgan fingerprint density at radius 2 is 1.90 bits per heavy atom. The van der Waals surface area contributed by atoms with E-state index < -0.39 is 5.91 Å². The number of halogens is 1. The van der Waals surface area contributed by atoms with Gasteiger partial charge in [-0.1, -0.05) is 34.1 Å². The molecule has 5 aromatic rings. The predicted octanol–water partition coefficient (Wildman–Crippen LogP) is 5.07. The molecule has 0 saturated carbocycles. The van der Waals surface area contributed by atoms with Gasteiger partial charge in [-0.15, -0.1) is 0 Å². The van der Waals surface area contributed by atoms with Gasteiger partial charge >= 0.3 is 0 Å². The second kappa shape index (κ2) is 7.27. The molecule has 0 spiro atoms. The van der Waals surface area contributed by atoms with Crippen LogP contribution in [-0.4, -0.2) is 15.9 Å². The summed E-state index contributed by atoms with van der Waals surface area (Å²) in [6, 6.07) is 22.3. The van der Waals surface area contributed by atoms with Crippen molar-refractivity contribution in [2.45, 2.75) is 0 Å². The summed E-state index contributed by atoms with van der Waals surface area (Å²) < 4.78 is 7.08. The molecule has 0 bridgehead atoms. The van der Waals surface area contributed by atoms with Crippen molar-refractivity contribution in [3.63, 3.8) is 0 Å². The third-order valence-corrected chi connectivity index (χ3v) is 5.21. The van der Waals surface area contributed by atoms with Crippen molar-refractivity contribution in [2.24, 2.45) is 10.7 Å². The third kappa shape index (κ3) is 3.40. The molecule has 2 heterocycles. The number of nitrogens with one attached hydrogen (secondary N) is 1. The van der Waals surface area contributed by atoms with Crippen LogP contribution in [0, 0.1) is 0 Å². The number of fused-ring (bicyclic) bond motifs is 2. The number of nitrogens with two attached hydrogens (primary N) is 1. The van der Waals surface area contributed by atoms with Gasteiger partial charge in [0.1, 0.15) is 11.4 Å². The highest BCUT2D eigenvalue weighted by atomic mass is 79.9. The van der Waals surface area contributed by atoms with E-state index >= 15 is 0 Å². The van der Waals surface area contributed by atoms with E-state index in [1.807, 2.05) is 48.5 Å². The number of carbonyl (C=O) groups excluding carboxylic acids is 1. The molecule has 0 aliphatic rings. The lowest BCUT2D eigenvalue weighted by Crippen LogP contribution is -2.10. The summed E-state index contributed by atoms with van der Waals surface area (Å²) in [5.74, 6) is 0.136. The molecule has 2 aromatic heterocycles. The van der Waals surface area contributed by atoms with Crippen LogP contribution in [0.2, 0.25) is 0 Å². The topological polar surface area (TPSA) is 97.3 Å². The molecule has 0 radical (unpaired) electrons. The number of aromatic nitrogens is 2. The van der Waals surface area contributed by atoms with Crippen molar-refractivity contribution in [1.29, 1.82) is 0 Å². The minimum Gasteiger partial charge on any atom is -0.438 e. The van der Waals surface area contributed by atoms with Gasteiger partial charge < -0.3 is 15.1 Å². The van der Waals surface area contributed by atoms with Gasteiger partial charge in [-0.2, -0.15) is 0 Å². The minimum atomic E-state index is -0.509. The van der Waals surface area contributed by atoms with Crippen LogP contribution in [0.25, 0.3) is 33.4 Å². The Morgan fingerprint density at radius 1 is 1.03 bits per heavy atom. The van der Waals surface area contributed by atoms with Gasteiger partial charge in [0.05, 0.1) is 22.3 Å². The van der Waals surface area contributed by atoms with E-state index in [0.717, 1.165) is 20.9 Å². The molecule has 3 aromatic carbocycles. The molecule has 7 heteroatoms. The summed E-state index contributed by atoms with van der Waals surface area (Å²) in [4.78, 5) is 24.2. The first kappa shape index (κ1) is 18.3. The lowest BCUT2D eigenvalue weighted by atomic mass is 10.1. The fourth-order valence-electron chi connectivity index (χ4n) is 3.28. The maximum Gasteiger partial charge on any atom is 0.248 e.